The Morgan fingerprint density at radius 2 is 1.80 bits per heavy atom. The van der Waals surface area contributed by atoms with E-state index in [0.717, 1.165) is 5.75 Å². The minimum absolute atomic E-state index is 0.0387. The molecule has 1 aromatic carbocycles. The summed E-state index contributed by atoms with van der Waals surface area (Å²) < 4.78 is 39.1. The van der Waals surface area contributed by atoms with Gasteiger partial charge in [0.15, 0.2) is 22.2 Å². The fourth-order valence-corrected chi connectivity index (χ4v) is 4.96. The van der Waals surface area contributed by atoms with Gasteiger partial charge in [0.1, 0.15) is 6.61 Å². The predicted molar refractivity (Wildman–Crippen MR) is 118 cm³/mol. The van der Waals surface area contributed by atoms with Gasteiger partial charge in [-0.1, -0.05) is 12.1 Å². The molecule has 0 bridgehead atoms. The molecular formula is C20H31NO7S2. The van der Waals surface area contributed by atoms with Crippen molar-refractivity contribution in [1.82, 2.24) is 5.32 Å². The first-order chi connectivity index (χ1) is 14.6. The number of carbonyl (C=O) groups is 1. The normalized spacial score (nSPS) is 19.5. The number of thioether (sulfide) groups is 1. The van der Waals surface area contributed by atoms with Crippen molar-refractivity contribution in [2.45, 2.75) is 4.87 Å². The number of hydrogen-bond acceptors (Lipinski definition) is 9. The number of nitrogens with one attached hydrogen (secondary N) is 1. The van der Waals surface area contributed by atoms with Crippen molar-refractivity contribution in [2.24, 2.45) is 0 Å². The smallest absolute Gasteiger partial charge is 0.179 e. The lowest BCUT2D eigenvalue weighted by molar-refractivity contribution is -0.120. The first kappa shape index (κ1) is 25.1. The summed E-state index contributed by atoms with van der Waals surface area (Å²) in [6, 6.07) is 7.30. The van der Waals surface area contributed by atoms with Crippen molar-refractivity contribution in [3.05, 3.63) is 24.3 Å². The topological polar surface area (TPSA) is 92.3 Å². The Kier molecular flexibility index (Phi) is 11.7. The number of benzene rings is 1. The molecule has 1 saturated heterocycles. The molecule has 1 aromatic rings. The molecule has 2 atom stereocenters. The Morgan fingerprint density at radius 3 is 2.47 bits per heavy atom. The maximum Gasteiger partial charge on any atom is 0.179 e. The highest BCUT2D eigenvalue weighted by Gasteiger charge is 2.43. The van der Waals surface area contributed by atoms with E-state index in [1.54, 1.807) is 26.4 Å². The van der Waals surface area contributed by atoms with Crippen LogP contribution in [-0.4, -0.2) is 92.5 Å². The number of Topliss-reactive ketones (excluding diaryl/α,β-unsaturated/α-hetero) is 1. The van der Waals surface area contributed by atoms with Crippen LogP contribution in [0.2, 0.25) is 0 Å². The zero-order valence-corrected chi connectivity index (χ0v) is 19.2. The number of carbonyl (C=O) groups excluding carboxylic acids is 1. The third-order valence-electron chi connectivity index (χ3n) is 4.36. The van der Waals surface area contributed by atoms with Gasteiger partial charge in [-0.25, -0.2) is 0 Å². The summed E-state index contributed by atoms with van der Waals surface area (Å²) in [7, 11) is 1.88. The molecule has 1 heterocycles. The summed E-state index contributed by atoms with van der Waals surface area (Å²) >= 11 is 1.50. The Bertz CT molecular complexity index is 668. The summed E-state index contributed by atoms with van der Waals surface area (Å²) in [5, 5.41) is 3.24. The summed E-state index contributed by atoms with van der Waals surface area (Å²) in [5.74, 6) is 2.11. The van der Waals surface area contributed by atoms with Crippen molar-refractivity contribution in [3.63, 3.8) is 0 Å². The number of methoxy groups -OCH3 is 2. The van der Waals surface area contributed by atoms with Gasteiger partial charge in [-0.05, 0) is 12.1 Å². The lowest BCUT2D eigenvalue weighted by Crippen LogP contribution is -2.52. The SMILES string of the molecule is COCCOCCOCC[S@](=O)CC(=O)[C@]1(COc2ccccc2OC)NCCS1. The van der Waals surface area contributed by atoms with Crippen LogP contribution in [0.1, 0.15) is 0 Å². The van der Waals surface area contributed by atoms with E-state index >= 15 is 0 Å². The molecule has 1 aliphatic heterocycles. The van der Waals surface area contributed by atoms with Crippen LogP contribution < -0.4 is 14.8 Å². The maximum atomic E-state index is 12.9. The molecule has 1 fully saturated rings. The summed E-state index contributed by atoms with van der Waals surface area (Å²) in [6.45, 7) is 3.10. The molecule has 0 unspecified atom stereocenters. The molecule has 0 aliphatic carbocycles. The molecule has 1 N–H and O–H groups in total. The second-order valence-corrected chi connectivity index (χ2v) is 9.44. The van der Waals surface area contributed by atoms with Crippen molar-refractivity contribution >= 4 is 28.3 Å². The highest BCUT2D eigenvalue weighted by molar-refractivity contribution is 8.01. The fraction of sp³-hybridized carbons (Fsp3) is 0.650. The van der Waals surface area contributed by atoms with E-state index in [1.165, 1.54) is 11.8 Å². The minimum Gasteiger partial charge on any atom is -0.493 e. The molecule has 0 amide bonds. The minimum atomic E-state index is -1.31. The van der Waals surface area contributed by atoms with Gasteiger partial charge < -0.3 is 23.7 Å². The van der Waals surface area contributed by atoms with E-state index in [9.17, 15) is 9.00 Å². The van der Waals surface area contributed by atoms with Crippen molar-refractivity contribution in [3.8, 4) is 11.5 Å². The average molecular weight is 462 g/mol. The highest BCUT2D eigenvalue weighted by atomic mass is 32.2. The first-order valence-electron chi connectivity index (χ1n) is 9.79. The number of ketones is 1. The second kappa shape index (κ2) is 14.0. The van der Waals surface area contributed by atoms with Crippen LogP contribution >= 0.6 is 11.8 Å². The van der Waals surface area contributed by atoms with Gasteiger partial charge in [-0.2, -0.15) is 0 Å². The maximum absolute atomic E-state index is 12.9. The van der Waals surface area contributed by atoms with Crippen LogP contribution in [0.5, 0.6) is 11.5 Å². The third-order valence-corrected chi connectivity index (χ3v) is 6.96. The van der Waals surface area contributed by atoms with E-state index in [-0.39, 0.29) is 18.1 Å². The number of rotatable bonds is 16. The zero-order chi connectivity index (χ0) is 21.7. The third kappa shape index (κ3) is 8.16. The summed E-state index contributed by atoms with van der Waals surface area (Å²) in [5.41, 5.74) is 0. The second-order valence-electron chi connectivity index (χ2n) is 6.47. The zero-order valence-electron chi connectivity index (χ0n) is 17.6. The predicted octanol–water partition coefficient (Wildman–Crippen LogP) is 1.10. The Morgan fingerprint density at radius 1 is 1.10 bits per heavy atom. The van der Waals surface area contributed by atoms with Crippen LogP contribution in [0.15, 0.2) is 24.3 Å². The molecule has 1 aliphatic rings. The molecule has 0 radical (unpaired) electrons. The van der Waals surface area contributed by atoms with Crippen molar-refractivity contribution < 1.29 is 32.7 Å². The number of ether oxygens (including phenoxy) is 5. The van der Waals surface area contributed by atoms with Gasteiger partial charge in [0.2, 0.25) is 0 Å². The summed E-state index contributed by atoms with van der Waals surface area (Å²) in [4.78, 5) is 12.0. The monoisotopic (exact) mass is 461 g/mol. The van der Waals surface area contributed by atoms with Crippen LogP contribution in [0.3, 0.4) is 0 Å². The van der Waals surface area contributed by atoms with Gasteiger partial charge >= 0.3 is 0 Å². The van der Waals surface area contributed by atoms with E-state index < -0.39 is 15.7 Å². The molecule has 8 nitrogen and oxygen atoms in total. The lowest BCUT2D eigenvalue weighted by atomic mass is 10.2. The number of hydrogen-bond donors (Lipinski definition) is 1. The van der Waals surface area contributed by atoms with Crippen LogP contribution in [0.4, 0.5) is 0 Å². The quantitative estimate of drug-likeness (QED) is 0.363. The molecule has 0 saturated carbocycles. The Hall–Kier alpha value is -1.17. The molecule has 170 valence electrons. The van der Waals surface area contributed by atoms with Gasteiger partial charge in [-0.3, -0.25) is 14.3 Å². The standard InChI is InChI=1S/C20H31NO7S2/c1-24-8-9-26-10-11-27-12-14-30(23)15-19(22)20(21-7-13-29-20)16-28-18-6-4-3-5-17(18)25-2/h3-6,21H,7-16H2,1-2H3/t20-,30+/m1/s1. The van der Waals surface area contributed by atoms with Crippen LogP contribution in [0.25, 0.3) is 0 Å². The van der Waals surface area contributed by atoms with Gasteiger partial charge in [-0.15, -0.1) is 11.8 Å². The average Bonchev–Trinajstić information content (AvgIpc) is 3.24. The molecule has 30 heavy (non-hydrogen) atoms. The van der Waals surface area contributed by atoms with Crippen molar-refractivity contribution in [1.29, 1.82) is 0 Å². The molecule has 0 aromatic heterocycles. The van der Waals surface area contributed by atoms with Crippen LogP contribution in [0, 0.1) is 0 Å². The summed E-state index contributed by atoms with van der Waals surface area (Å²) in [6.07, 6.45) is 0. The lowest BCUT2D eigenvalue weighted by Gasteiger charge is -2.27. The van der Waals surface area contributed by atoms with E-state index in [1.807, 2.05) is 12.1 Å². The first-order valence-corrected chi connectivity index (χ1v) is 12.3. The van der Waals surface area contributed by atoms with E-state index in [4.69, 9.17) is 23.7 Å². The molecule has 0 spiro atoms. The van der Waals surface area contributed by atoms with Gasteiger partial charge in [0.05, 0.1) is 45.9 Å². The Balaban J connectivity index is 1.75. The van der Waals surface area contributed by atoms with Crippen molar-refractivity contribution in [2.75, 3.05) is 77.7 Å². The van der Waals surface area contributed by atoms with Crippen LogP contribution in [-0.2, 0) is 29.8 Å². The molecular weight excluding hydrogens is 430 g/mol. The highest BCUT2D eigenvalue weighted by Crippen LogP contribution is 2.32. The molecule has 2 rings (SSSR count). The van der Waals surface area contributed by atoms with E-state index in [2.05, 4.69) is 5.32 Å². The fourth-order valence-electron chi connectivity index (χ4n) is 2.75. The van der Waals surface area contributed by atoms with Gasteiger partial charge in [0.25, 0.3) is 0 Å². The van der Waals surface area contributed by atoms with E-state index in [0.29, 0.717) is 56.8 Å². The molecule has 10 heteroatoms. The van der Waals surface area contributed by atoms with Gasteiger partial charge in [0, 0.05) is 36.0 Å². The number of para-hydroxylation sites is 2. The largest absolute Gasteiger partial charge is 0.493 e. The Labute approximate surface area is 184 Å².